The van der Waals surface area contributed by atoms with Crippen LogP contribution in [-0.2, 0) is 11.2 Å². The van der Waals surface area contributed by atoms with E-state index in [1.54, 1.807) is 6.07 Å². The maximum atomic E-state index is 13.3. The van der Waals surface area contributed by atoms with Crippen LogP contribution in [-0.4, -0.2) is 22.8 Å². The second-order valence-corrected chi connectivity index (χ2v) is 3.01. The topological polar surface area (TPSA) is 57.5 Å². The number of aliphatic carboxylic acids is 1. The third kappa shape index (κ3) is 3.52. The SMILES string of the molecule is O=C(O)Cc1ccc(C=CCO)c(F)c1. The minimum absolute atomic E-state index is 0.156. The maximum absolute atomic E-state index is 13.3. The summed E-state index contributed by atoms with van der Waals surface area (Å²) in [6.07, 6.45) is 2.66. The quantitative estimate of drug-likeness (QED) is 0.790. The lowest BCUT2D eigenvalue weighted by Gasteiger charge is -2.00. The molecular formula is C11H11FO3. The second-order valence-electron chi connectivity index (χ2n) is 3.01. The van der Waals surface area contributed by atoms with E-state index in [0.717, 1.165) is 0 Å². The van der Waals surface area contributed by atoms with Crippen molar-refractivity contribution in [3.05, 3.63) is 41.2 Å². The molecule has 0 heterocycles. The first-order valence-corrected chi connectivity index (χ1v) is 4.41. The van der Waals surface area contributed by atoms with E-state index < -0.39 is 11.8 Å². The van der Waals surface area contributed by atoms with Gasteiger partial charge >= 0.3 is 5.97 Å². The summed E-state index contributed by atoms with van der Waals surface area (Å²) in [6.45, 7) is -0.156. The molecule has 0 amide bonds. The molecule has 4 heteroatoms. The Bertz CT molecular complexity index is 385. The average Bonchev–Trinajstić information content (AvgIpc) is 2.15. The Kier molecular flexibility index (Phi) is 4.00. The van der Waals surface area contributed by atoms with Crippen LogP contribution >= 0.6 is 0 Å². The van der Waals surface area contributed by atoms with E-state index >= 15 is 0 Å². The van der Waals surface area contributed by atoms with Gasteiger partial charge in [-0.05, 0) is 11.6 Å². The van der Waals surface area contributed by atoms with Gasteiger partial charge in [0.05, 0.1) is 13.0 Å². The molecule has 0 saturated heterocycles. The third-order valence-corrected chi connectivity index (χ3v) is 1.82. The van der Waals surface area contributed by atoms with E-state index in [1.165, 1.54) is 24.3 Å². The Labute approximate surface area is 86.5 Å². The highest BCUT2D eigenvalue weighted by molar-refractivity contribution is 5.70. The zero-order valence-corrected chi connectivity index (χ0v) is 7.98. The van der Waals surface area contributed by atoms with Crippen LogP contribution in [0.15, 0.2) is 24.3 Å². The van der Waals surface area contributed by atoms with Crippen LogP contribution in [0.4, 0.5) is 4.39 Å². The van der Waals surface area contributed by atoms with Gasteiger partial charge in [-0.25, -0.2) is 4.39 Å². The molecule has 1 aromatic carbocycles. The predicted molar refractivity (Wildman–Crippen MR) is 53.9 cm³/mol. The van der Waals surface area contributed by atoms with Gasteiger partial charge in [-0.15, -0.1) is 0 Å². The minimum atomic E-state index is -0.993. The van der Waals surface area contributed by atoms with Crippen LogP contribution in [0.1, 0.15) is 11.1 Å². The molecule has 0 unspecified atom stereocenters. The van der Waals surface area contributed by atoms with Crippen LogP contribution in [0.25, 0.3) is 6.08 Å². The second kappa shape index (κ2) is 5.26. The number of hydrogen-bond acceptors (Lipinski definition) is 2. The van der Waals surface area contributed by atoms with E-state index in [4.69, 9.17) is 10.2 Å². The number of halogens is 1. The monoisotopic (exact) mass is 210 g/mol. The first-order valence-electron chi connectivity index (χ1n) is 4.41. The van der Waals surface area contributed by atoms with Gasteiger partial charge in [-0.2, -0.15) is 0 Å². The summed E-state index contributed by atoms with van der Waals surface area (Å²) >= 11 is 0. The standard InChI is InChI=1S/C11H11FO3/c12-10-6-8(7-11(14)15)3-4-9(10)2-1-5-13/h1-4,6,13H,5,7H2,(H,14,15). The summed E-state index contributed by atoms with van der Waals surface area (Å²) in [5.41, 5.74) is 0.749. The van der Waals surface area contributed by atoms with Crippen molar-refractivity contribution < 1.29 is 19.4 Å². The number of carboxylic acids is 1. The number of benzene rings is 1. The van der Waals surface area contributed by atoms with Crippen molar-refractivity contribution in [2.24, 2.45) is 0 Å². The van der Waals surface area contributed by atoms with Crippen molar-refractivity contribution in [1.29, 1.82) is 0 Å². The van der Waals surface area contributed by atoms with Crippen molar-refractivity contribution in [2.45, 2.75) is 6.42 Å². The Morgan fingerprint density at radius 1 is 1.47 bits per heavy atom. The summed E-state index contributed by atoms with van der Waals surface area (Å²) in [7, 11) is 0. The van der Waals surface area contributed by atoms with Gasteiger partial charge in [0.15, 0.2) is 0 Å². The average molecular weight is 210 g/mol. The van der Waals surface area contributed by atoms with Gasteiger partial charge in [-0.1, -0.05) is 24.3 Å². The molecule has 3 nitrogen and oxygen atoms in total. The predicted octanol–water partition coefficient (Wildman–Crippen LogP) is 1.46. The fourth-order valence-corrected chi connectivity index (χ4v) is 1.17. The van der Waals surface area contributed by atoms with Gasteiger partial charge in [0.2, 0.25) is 0 Å². The first-order chi connectivity index (χ1) is 7.13. The zero-order valence-electron chi connectivity index (χ0n) is 7.98. The van der Waals surface area contributed by atoms with E-state index in [-0.39, 0.29) is 13.0 Å². The summed E-state index contributed by atoms with van der Waals surface area (Å²) in [6, 6.07) is 4.22. The van der Waals surface area contributed by atoms with E-state index in [1.807, 2.05) is 0 Å². The van der Waals surface area contributed by atoms with Crippen LogP contribution in [0.3, 0.4) is 0 Å². The van der Waals surface area contributed by atoms with Gasteiger partial charge in [-0.3, -0.25) is 4.79 Å². The highest BCUT2D eigenvalue weighted by atomic mass is 19.1. The smallest absolute Gasteiger partial charge is 0.307 e. The molecule has 1 aromatic rings. The normalized spacial score (nSPS) is 10.8. The van der Waals surface area contributed by atoms with Gasteiger partial charge < -0.3 is 10.2 Å². The molecule has 0 aliphatic heterocycles. The molecule has 80 valence electrons. The molecule has 0 spiro atoms. The molecule has 0 fully saturated rings. The van der Waals surface area contributed by atoms with E-state index in [0.29, 0.717) is 11.1 Å². The fourth-order valence-electron chi connectivity index (χ4n) is 1.17. The van der Waals surface area contributed by atoms with Crippen molar-refractivity contribution in [1.82, 2.24) is 0 Å². The Hall–Kier alpha value is -1.68. The fraction of sp³-hybridized carbons (Fsp3) is 0.182. The van der Waals surface area contributed by atoms with Gasteiger partial charge in [0.25, 0.3) is 0 Å². The van der Waals surface area contributed by atoms with Crippen molar-refractivity contribution >= 4 is 12.0 Å². The number of carbonyl (C=O) groups is 1. The largest absolute Gasteiger partial charge is 0.481 e. The van der Waals surface area contributed by atoms with E-state index in [9.17, 15) is 9.18 Å². The molecule has 0 saturated carbocycles. The van der Waals surface area contributed by atoms with Crippen molar-refractivity contribution in [3.63, 3.8) is 0 Å². The third-order valence-electron chi connectivity index (χ3n) is 1.82. The number of aliphatic hydroxyl groups is 1. The summed E-state index contributed by atoms with van der Waals surface area (Å²) in [5.74, 6) is -1.48. The lowest BCUT2D eigenvalue weighted by atomic mass is 10.1. The number of carboxylic acid groups (broad SMARTS) is 1. The molecule has 0 bridgehead atoms. The molecule has 0 aliphatic rings. The molecule has 0 aromatic heterocycles. The van der Waals surface area contributed by atoms with E-state index in [2.05, 4.69) is 0 Å². The molecule has 15 heavy (non-hydrogen) atoms. The maximum Gasteiger partial charge on any atom is 0.307 e. The van der Waals surface area contributed by atoms with Crippen LogP contribution in [0.5, 0.6) is 0 Å². The summed E-state index contributed by atoms with van der Waals surface area (Å²) in [5, 5.41) is 17.0. The molecular weight excluding hydrogens is 199 g/mol. The summed E-state index contributed by atoms with van der Waals surface area (Å²) in [4.78, 5) is 10.4. The Balaban J connectivity index is 2.87. The van der Waals surface area contributed by atoms with Crippen LogP contribution in [0.2, 0.25) is 0 Å². The highest BCUT2D eigenvalue weighted by Gasteiger charge is 2.04. The van der Waals surface area contributed by atoms with Gasteiger partial charge in [0.1, 0.15) is 5.82 Å². The molecule has 1 rings (SSSR count). The number of hydrogen-bond donors (Lipinski definition) is 2. The lowest BCUT2D eigenvalue weighted by Crippen LogP contribution is -2.00. The van der Waals surface area contributed by atoms with Crippen molar-refractivity contribution in [2.75, 3.05) is 6.61 Å². The van der Waals surface area contributed by atoms with Gasteiger partial charge in [0, 0.05) is 5.56 Å². The zero-order chi connectivity index (χ0) is 11.3. The molecule has 0 aliphatic carbocycles. The number of aliphatic hydroxyl groups excluding tert-OH is 1. The molecule has 2 N–H and O–H groups in total. The summed E-state index contributed by atoms with van der Waals surface area (Å²) < 4.78 is 13.3. The van der Waals surface area contributed by atoms with Crippen molar-refractivity contribution in [3.8, 4) is 0 Å². The van der Waals surface area contributed by atoms with Crippen LogP contribution < -0.4 is 0 Å². The number of rotatable bonds is 4. The Morgan fingerprint density at radius 3 is 2.73 bits per heavy atom. The molecule has 0 atom stereocenters. The highest BCUT2D eigenvalue weighted by Crippen LogP contribution is 2.12. The molecule has 0 radical (unpaired) electrons. The Morgan fingerprint density at radius 2 is 2.20 bits per heavy atom. The van der Waals surface area contributed by atoms with Crippen LogP contribution in [0, 0.1) is 5.82 Å². The lowest BCUT2D eigenvalue weighted by molar-refractivity contribution is -0.136. The first kappa shape index (κ1) is 11.4. The minimum Gasteiger partial charge on any atom is -0.481 e.